The molecular formula is C25H25O3P. The van der Waals surface area contributed by atoms with Crippen LogP contribution in [0.25, 0.3) is 0 Å². The highest BCUT2D eigenvalue weighted by atomic mass is 31.2. The van der Waals surface area contributed by atoms with Gasteiger partial charge in [0.05, 0.1) is 5.60 Å². The Bertz CT molecular complexity index is 986. The third kappa shape index (κ3) is 3.73. The average molecular weight is 404 g/mol. The molecule has 148 valence electrons. The Kier molecular flexibility index (Phi) is 5.29. The van der Waals surface area contributed by atoms with Crippen molar-refractivity contribution in [2.45, 2.75) is 37.6 Å². The molecule has 1 saturated heterocycles. The highest BCUT2D eigenvalue weighted by Gasteiger charge is 2.52. The number of Topliss-reactive ketones (excluding diaryl/α,β-unsaturated/α-hetero) is 1. The van der Waals surface area contributed by atoms with Crippen molar-refractivity contribution in [1.82, 2.24) is 0 Å². The molecule has 1 fully saturated rings. The predicted molar refractivity (Wildman–Crippen MR) is 118 cm³/mol. The van der Waals surface area contributed by atoms with Crippen molar-refractivity contribution < 1.29 is 14.1 Å². The average Bonchev–Trinajstić information content (AvgIpc) is 2.74. The van der Waals surface area contributed by atoms with E-state index in [-0.39, 0.29) is 12.2 Å². The van der Waals surface area contributed by atoms with E-state index in [0.29, 0.717) is 10.6 Å². The molecular weight excluding hydrogens is 379 g/mol. The molecule has 0 saturated carbocycles. The predicted octanol–water partition coefficient (Wildman–Crippen LogP) is 4.88. The van der Waals surface area contributed by atoms with E-state index in [1.54, 1.807) is 0 Å². The first-order valence-corrected chi connectivity index (χ1v) is 11.7. The standard InChI is InChI=1S/C25H25O3P/c1-25(2)18-22(26)24(23(28-25)19-12-6-3-7-13-19)29(27,20-14-8-4-9-15-20)21-16-10-5-11-17-21/h3-17,23-24H,18H2,1-2H3/t23-,24+/m0/s1. The van der Waals surface area contributed by atoms with Gasteiger partial charge in [-0.2, -0.15) is 0 Å². The minimum atomic E-state index is -3.31. The lowest BCUT2D eigenvalue weighted by Crippen LogP contribution is -2.48. The molecule has 1 heterocycles. The Morgan fingerprint density at radius 3 is 1.72 bits per heavy atom. The third-order valence-electron chi connectivity index (χ3n) is 5.46. The minimum absolute atomic E-state index is 0.00820. The first-order valence-electron chi connectivity index (χ1n) is 9.88. The maximum Gasteiger partial charge on any atom is 0.156 e. The monoisotopic (exact) mass is 404 g/mol. The van der Waals surface area contributed by atoms with Gasteiger partial charge in [0.1, 0.15) is 17.5 Å². The molecule has 2 atom stereocenters. The van der Waals surface area contributed by atoms with Crippen LogP contribution in [-0.4, -0.2) is 17.0 Å². The molecule has 0 radical (unpaired) electrons. The zero-order valence-electron chi connectivity index (χ0n) is 16.7. The normalized spacial score (nSPS) is 21.7. The second-order valence-corrected chi connectivity index (χ2v) is 11.0. The quantitative estimate of drug-likeness (QED) is 0.582. The lowest BCUT2D eigenvalue weighted by Gasteiger charge is -2.43. The summed E-state index contributed by atoms with van der Waals surface area (Å²) in [5, 5.41) is 1.38. The van der Waals surface area contributed by atoms with E-state index in [1.807, 2.05) is 105 Å². The van der Waals surface area contributed by atoms with Crippen LogP contribution in [-0.2, 0) is 14.1 Å². The van der Waals surface area contributed by atoms with Crippen molar-refractivity contribution in [3.8, 4) is 0 Å². The topological polar surface area (TPSA) is 43.4 Å². The van der Waals surface area contributed by atoms with Crippen LogP contribution in [0.15, 0.2) is 91.0 Å². The van der Waals surface area contributed by atoms with Crippen molar-refractivity contribution in [2.24, 2.45) is 0 Å². The summed E-state index contributed by atoms with van der Waals surface area (Å²) >= 11 is 0. The van der Waals surface area contributed by atoms with Crippen LogP contribution in [0.5, 0.6) is 0 Å². The van der Waals surface area contributed by atoms with Crippen LogP contribution in [0.1, 0.15) is 31.9 Å². The second-order valence-electron chi connectivity index (χ2n) is 8.13. The minimum Gasteiger partial charge on any atom is -0.366 e. The molecule has 1 aliphatic rings. The fraction of sp³-hybridized carbons (Fsp3) is 0.240. The van der Waals surface area contributed by atoms with E-state index >= 15 is 0 Å². The maximum atomic E-state index is 14.9. The number of rotatable bonds is 4. The third-order valence-corrected chi connectivity index (χ3v) is 8.93. The van der Waals surface area contributed by atoms with E-state index in [4.69, 9.17) is 4.74 Å². The number of hydrogen-bond donors (Lipinski definition) is 0. The Labute approximate surface area is 172 Å². The van der Waals surface area contributed by atoms with Crippen molar-refractivity contribution in [1.29, 1.82) is 0 Å². The number of carbonyl (C=O) groups is 1. The number of carbonyl (C=O) groups excluding carboxylic acids is 1. The zero-order chi connectivity index (χ0) is 20.5. The summed E-state index contributed by atoms with van der Waals surface area (Å²) in [6, 6.07) is 28.4. The molecule has 0 aromatic heterocycles. The smallest absolute Gasteiger partial charge is 0.156 e. The fourth-order valence-corrected chi connectivity index (χ4v) is 7.48. The van der Waals surface area contributed by atoms with E-state index in [2.05, 4.69) is 0 Å². The van der Waals surface area contributed by atoms with Gasteiger partial charge < -0.3 is 9.30 Å². The first-order chi connectivity index (χ1) is 13.9. The van der Waals surface area contributed by atoms with Crippen LogP contribution in [0, 0.1) is 0 Å². The van der Waals surface area contributed by atoms with Gasteiger partial charge in [0.25, 0.3) is 0 Å². The van der Waals surface area contributed by atoms with Crippen LogP contribution in [0.4, 0.5) is 0 Å². The SMILES string of the molecule is CC1(C)CC(=O)[C@@H](P(=O)(c2ccccc2)c2ccccc2)[C@H](c2ccccc2)O1. The van der Waals surface area contributed by atoms with Crippen LogP contribution < -0.4 is 10.6 Å². The molecule has 4 heteroatoms. The summed E-state index contributed by atoms with van der Waals surface area (Å²) in [6.45, 7) is 3.85. The van der Waals surface area contributed by atoms with Crippen LogP contribution in [0.3, 0.4) is 0 Å². The van der Waals surface area contributed by atoms with E-state index < -0.39 is 24.5 Å². The first kappa shape index (κ1) is 19.8. The molecule has 0 spiro atoms. The molecule has 0 N–H and O–H groups in total. The van der Waals surface area contributed by atoms with Crippen LogP contribution in [0.2, 0.25) is 0 Å². The van der Waals surface area contributed by atoms with Gasteiger partial charge in [-0.25, -0.2) is 0 Å². The maximum absolute atomic E-state index is 14.9. The number of hydrogen-bond acceptors (Lipinski definition) is 3. The second kappa shape index (κ2) is 7.74. The molecule has 0 bridgehead atoms. The summed E-state index contributed by atoms with van der Waals surface area (Å²) in [7, 11) is -3.31. The molecule has 3 aromatic carbocycles. The lowest BCUT2D eigenvalue weighted by molar-refractivity contribution is -0.147. The molecule has 4 rings (SSSR count). The molecule has 1 aliphatic heterocycles. The van der Waals surface area contributed by atoms with Gasteiger partial charge in [0, 0.05) is 17.0 Å². The van der Waals surface area contributed by atoms with Gasteiger partial charge in [-0.1, -0.05) is 91.0 Å². The summed E-state index contributed by atoms with van der Waals surface area (Å²) in [4.78, 5) is 13.5. The molecule has 3 aromatic rings. The Morgan fingerprint density at radius 1 is 0.793 bits per heavy atom. The number of ketones is 1. The lowest BCUT2D eigenvalue weighted by atomic mass is 9.90. The van der Waals surface area contributed by atoms with Gasteiger partial charge in [-0.05, 0) is 19.4 Å². The van der Waals surface area contributed by atoms with E-state index in [0.717, 1.165) is 5.56 Å². The summed E-state index contributed by atoms with van der Waals surface area (Å²) in [5.74, 6) is -0.00820. The summed E-state index contributed by atoms with van der Waals surface area (Å²) in [6.07, 6.45) is -0.330. The largest absolute Gasteiger partial charge is 0.366 e. The van der Waals surface area contributed by atoms with Gasteiger partial charge >= 0.3 is 0 Å². The van der Waals surface area contributed by atoms with Crippen LogP contribution >= 0.6 is 7.14 Å². The Balaban J connectivity index is 1.95. The highest BCUT2D eigenvalue weighted by molar-refractivity contribution is 7.80. The molecule has 29 heavy (non-hydrogen) atoms. The van der Waals surface area contributed by atoms with Gasteiger partial charge in [0.15, 0.2) is 7.14 Å². The van der Waals surface area contributed by atoms with Crippen molar-refractivity contribution in [3.05, 3.63) is 96.6 Å². The van der Waals surface area contributed by atoms with Gasteiger partial charge in [-0.3, -0.25) is 4.79 Å². The van der Waals surface area contributed by atoms with Crippen molar-refractivity contribution >= 4 is 23.5 Å². The Hall–Kier alpha value is -2.48. The van der Waals surface area contributed by atoms with E-state index in [9.17, 15) is 9.36 Å². The zero-order valence-corrected chi connectivity index (χ0v) is 17.6. The molecule has 0 amide bonds. The number of benzene rings is 3. The molecule has 3 nitrogen and oxygen atoms in total. The van der Waals surface area contributed by atoms with Crippen molar-refractivity contribution in [3.63, 3.8) is 0 Å². The Morgan fingerprint density at radius 2 is 1.24 bits per heavy atom. The highest BCUT2D eigenvalue weighted by Crippen LogP contribution is 2.57. The fourth-order valence-electron chi connectivity index (χ4n) is 4.20. The number of ether oxygens (including phenoxy) is 1. The van der Waals surface area contributed by atoms with E-state index in [1.165, 1.54) is 0 Å². The van der Waals surface area contributed by atoms with Gasteiger partial charge in [-0.15, -0.1) is 0 Å². The molecule has 0 aliphatic carbocycles. The molecule has 0 unspecified atom stereocenters. The van der Waals surface area contributed by atoms with Gasteiger partial charge in [0.2, 0.25) is 0 Å². The summed E-state index contributed by atoms with van der Waals surface area (Å²) in [5.41, 5.74) is -0.486. The summed E-state index contributed by atoms with van der Waals surface area (Å²) < 4.78 is 21.3. The van der Waals surface area contributed by atoms with Crippen molar-refractivity contribution in [2.75, 3.05) is 0 Å².